The highest BCUT2D eigenvalue weighted by Gasteiger charge is 2.15. The molecule has 2 aromatic rings. The van der Waals surface area contributed by atoms with E-state index in [-0.39, 0.29) is 0 Å². The second-order valence-corrected chi connectivity index (χ2v) is 5.39. The van der Waals surface area contributed by atoms with Gasteiger partial charge >= 0.3 is 0 Å². The summed E-state index contributed by atoms with van der Waals surface area (Å²) in [4.78, 5) is 3.99. The van der Waals surface area contributed by atoms with E-state index >= 15 is 0 Å². The van der Waals surface area contributed by atoms with Crippen LogP contribution in [0, 0.1) is 11.8 Å². The summed E-state index contributed by atoms with van der Waals surface area (Å²) < 4.78 is 1.90. The first kappa shape index (κ1) is 13.1. The molecule has 1 heterocycles. The van der Waals surface area contributed by atoms with Gasteiger partial charge in [-0.05, 0) is 36.0 Å². The minimum absolute atomic E-state index is 0.549. The van der Waals surface area contributed by atoms with E-state index in [9.17, 15) is 0 Å². The normalized spacial score (nSPS) is 12.9. The van der Waals surface area contributed by atoms with Crippen molar-refractivity contribution in [2.45, 2.75) is 26.8 Å². The number of benzene rings is 1. The lowest BCUT2D eigenvalue weighted by Gasteiger charge is -2.20. The molecule has 2 rings (SSSR count). The van der Waals surface area contributed by atoms with Crippen molar-refractivity contribution in [3.8, 4) is 0 Å². The summed E-state index contributed by atoms with van der Waals surface area (Å²) in [6.45, 7) is 5.40. The van der Waals surface area contributed by atoms with Gasteiger partial charge in [-0.1, -0.05) is 37.6 Å². The molecule has 1 unspecified atom stereocenters. The molecule has 0 amide bonds. The van der Waals surface area contributed by atoms with Gasteiger partial charge in [0.2, 0.25) is 0 Å². The van der Waals surface area contributed by atoms with Crippen LogP contribution >= 0.6 is 11.6 Å². The van der Waals surface area contributed by atoms with Gasteiger partial charge in [-0.3, -0.25) is 4.68 Å². The summed E-state index contributed by atoms with van der Waals surface area (Å²) >= 11 is 5.90. The van der Waals surface area contributed by atoms with Crippen LogP contribution in [0.2, 0.25) is 5.02 Å². The molecule has 3 nitrogen and oxygen atoms in total. The maximum atomic E-state index is 5.90. The summed E-state index contributed by atoms with van der Waals surface area (Å²) in [6.07, 6.45) is 4.39. The summed E-state index contributed by atoms with van der Waals surface area (Å²) in [7, 11) is 0. The quantitative estimate of drug-likeness (QED) is 0.827. The fourth-order valence-corrected chi connectivity index (χ4v) is 2.13. The van der Waals surface area contributed by atoms with Gasteiger partial charge in [0.05, 0.1) is 0 Å². The largest absolute Gasteiger partial charge is 0.253 e. The maximum Gasteiger partial charge on any atom is 0.137 e. The minimum Gasteiger partial charge on any atom is -0.253 e. The van der Waals surface area contributed by atoms with Gasteiger partial charge < -0.3 is 0 Å². The second kappa shape index (κ2) is 6.01. The predicted molar refractivity (Wildman–Crippen MR) is 73.5 cm³/mol. The molecule has 96 valence electrons. The van der Waals surface area contributed by atoms with E-state index in [4.69, 9.17) is 11.6 Å². The smallest absolute Gasteiger partial charge is 0.137 e. The van der Waals surface area contributed by atoms with Gasteiger partial charge in [0.15, 0.2) is 0 Å². The first-order valence-electron chi connectivity index (χ1n) is 6.22. The van der Waals surface area contributed by atoms with Crippen LogP contribution in [0.3, 0.4) is 0 Å². The monoisotopic (exact) mass is 263 g/mol. The van der Waals surface area contributed by atoms with Crippen LogP contribution in [0.1, 0.15) is 19.4 Å². The molecule has 0 fully saturated rings. The molecule has 1 aromatic carbocycles. The average molecular weight is 264 g/mol. The summed E-state index contributed by atoms with van der Waals surface area (Å²) in [5.41, 5.74) is 1.32. The van der Waals surface area contributed by atoms with Crippen molar-refractivity contribution >= 4 is 11.6 Å². The van der Waals surface area contributed by atoms with Gasteiger partial charge in [-0.15, -0.1) is 0 Å². The van der Waals surface area contributed by atoms with Gasteiger partial charge in [-0.25, -0.2) is 4.98 Å². The zero-order chi connectivity index (χ0) is 13.0. The van der Waals surface area contributed by atoms with E-state index in [1.807, 2.05) is 16.8 Å². The Morgan fingerprint density at radius 3 is 2.50 bits per heavy atom. The number of halogens is 1. The Labute approximate surface area is 113 Å². The third-order valence-electron chi connectivity index (χ3n) is 3.24. The van der Waals surface area contributed by atoms with Crippen LogP contribution < -0.4 is 0 Å². The van der Waals surface area contributed by atoms with E-state index in [0.29, 0.717) is 11.8 Å². The Kier molecular flexibility index (Phi) is 4.37. The molecule has 0 aliphatic heterocycles. The lowest BCUT2D eigenvalue weighted by molar-refractivity contribution is 0.319. The van der Waals surface area contributed by atoms with Crippen molar-refractivity contribution in [1.82, 2.24) is 14.8 Å². The molecule has 1 aromatic heterocycles. The number of nitrogens with zero attached hydrogens (tertiary/aromatic N) is 3. The van der Waals surface area contributed by atoms with Gasteiger partial charge in [0, 0.05) is 11.6 Å². The van der Waals surface area contributed by atoms with Gasteiger partial charge in [0.25, 0.3) is 0 Å². The molecule has 4 heteroatoms. The molecule has 0 bridgehead atoms. The van der Waals surface area contributed by atoms with Crippen LogP contribution in [0.25, 0.3) is 0 Å². The fraction of sp³-hybridized carbons (Fsp3) is 0.429. The highest BCUT2D eigenvalue weighted by Crippen LogP contribution is 2.20. The highest BCUT2D eigenvalue weighted by atomic mass is 35.5. The van der Waals surface area contributed by atoms with Crippen molar-refractivity contribution in [3.63, 3.8) is 0 Å². The van der Waals surface area contributed by atoms with E-state index in [1.54, 1.807) is 12.7 Å². The first-order valence-corrected chi connectivity index (χ1v) is 6.60. The molecule has 18 heavy (non-hydrogen) atoms. The lowest BCUT2D eigenvalue weighted by atomic mass is 9.89. The second-order valence-electron chi connectivity index (χ2n) is 4.95. The van der Waals surface area contributed by atoms with Crippen LogP contribution in [-0.4, -0.2) is 14.8 Å². The maximum absolute atomic E-state index is 5.90. The van der Waals surface area contributed by atoms with E-state index < -0.39 is 0 Å². The summed E-state index contributed by atoms with van der Waals surface area (Å²) in [5, 5.41) is 4.97. The minimum atomic E-state index is 0.549. The van der Waals surface area contributed by atoms with Gasteiger partial charge in [0.1, 0.15) is 12.7 Å². The van der Waals surface area contributed by atoms with Crippen LogP contribution in [0.5, 0.6) is 0 Å². The number of rotatable bonds is 5. The van der Waals surface area contributed by atoms with E-state index in [1.165, 1.54) is 5.56 Å². The number of hydrogen-bond acceptors (Lipinski definition) is 2. The molecule has 0 aliphatic carbocycles. The molecule has 0 radical (unpaired) electrons. The molecule has 0 aliphatic rings. The SMILES string of the molecule is CC(C)C(Cc1ccc(Cl)cc1)Cn1cncn1. The topological polar surface area (TPSA) is 30.7 Å². The Morgan fingerprint density at radius 2 is 1.94 bits per heavy atom. The van der Waals surface area contributed by atoms with Crippen LogP contribution in [0.15, 0.2) is 36.9 Å². The highest BCUT2D eigenvalue weighted by molar-refractivity contribution is 6.30. The lowest BCUT2D eigenvalue weighted by Crippen LogP contribution is -2.19. The predicted octanol–water partition coefficient (Wildman–Crippen LogP) is 3.45. The zero-order valence-corrected chi connectivity index (χ0v) is 11.5. The van der Waals surface area contributed by atoms with Crippen molar-refractivity contribution < 1.29 is 0 Å². The molecule has 0 N–H and O–H groups in total. The van der Waals surface area contributed by atoms with Crippen LogP contribution in [-0.2, 0) is 13.0 Å². The van der Waals surface area contributed by atoms with Gasteiger partial charge in [-0.2, -0.15) is 5.10 Å². The Balaban J connectivity index is 2.04. The van der Waals surface area contributed by atoms with Crippen LogP contribution in [0.4, 0.5) is 0 Å². The van der Waals surface area contributed by atoms with Crippen molar-refractivity contribution in [3.05, 3.63) is 47.5 Å². The molecule has 0 saturated carbocycles. The average Bonchev–Trinajstić information content (AvgIpc) is 2.84. The number of aromatic nitrogens is 3. The third-order valence-corrected chi connectivity index (χ3v) is 3.49. The summed E-state index contributed by atoms with van der Waals surface area (Å²) in [6, 6.07) is 8.09. The standard InChI is InChI=1S/C14H18ClN3/c1-11(2)13(8-18-10-16-9-17-18)7-12-3-5-14(15)6-4-12/h3-6,9-11,13H,7-8H2,1-2H3. The fourth-order valence-electron chi connectivity index (χ4n) is 2.00. The Hall–Kier alpha value is -1.35. The molecular formula is C14H18ClN3. The first-order chi connectivity index (χ1) is 8.65. The Morgan fingerprint density at radius 1 is 1.22 bits per heavy atom. The third kappa shape index (κ3) is 3.57. The molecule has 1 atom stereocenters. The van der Waals surface area contributed by atoms with Crippen molar-refractivity contribution in [2.24, 2.45) is 11.8 Å². The molecule has 0 spiro atoms. The Bertz CT molecular complexity index is 462. The van der Waals surface area contributed by atoms with E-state index in [2.05, 4.69) is 36.1 Å². The number of hydrogen-bond donors (Lipinski definition) is 0. The zero-order valence-electron chi connectivity index (χ0n) is 10.8. The van der Waals surface area contributed by atoms with E-state index in [0.717, 1.165) is 18.0 Å². The van der Waals surface area contributed by atoms with Crippen molar-refractivity contribution in [2.75, 3.05) is 0 Å². The van der Waals surface area contributed by atoms with Crippen molar-refractivity contribution in [1.29, 1.82) is 0 Å². The molecular weight excluding hydrogens is 246 g/mol. The summed E-state index contributed by atoms with van der Waals surface area (Å²) in [5.74, 6) is 1.15. The molecule has 0 saturated heterocycles.